The fourth-order valence-corrected chi connectivity index (χ4v) is 1.69. The van der Waals surface area contributed by atoms with Gasteiger partial charge in [-0.15, -0.1) is 0 Å². The number of aromatic nitrogens is 1. The van der Waals surface area contributed by atoms with Gasteiger partial charge in [0.05, 0.1) is 28.9 Å². The Hall–Kier alpha value is -2.77. The number of halogens is 1. The van der Waals surface area contributed by atoms with E-state index in [0.29, 0.717) is 0 Å². The van der Waals surface area contributed by atoms with E-state index in [9.17, 15) is 19.3 Å². The van der Waals surface area contributed by atoms with Crippen molar-refractivity contribution < 1.29 is 23.3 Å². The minimum absolute atomic E-state index is 0.0701. The largest absolute Gasteiger partial charge is 0.460 e. The summed E-state index contributed by atoms with van der Waals surface area (Å²) in [5, 5.41) is 10.6. The van der Waals surface area contributed by atoms with Crippen molar-refractivity contribution in [1.82, 2.24) is 4.98 Å². The number of ether oxygens (including phenoxy) is 1. The Kier molecular flexibility index (Phi) is 3.97. The Bertz CT molecular complexity index is 711. The minimum Gasteiger partial charge on any atom is -0.460 e. The van der Waals surface area contributed by atoms with E-state index >= 15 is 0 Å². The van der Waals surface area contributed by atoms with E-state index in [4.69, 9.17) is 9.15 Å². The molecule has 0 aliphatic heterocycles. The Labute approximate surface area is 118 Å². The van der Waals surface area contributed by atoms with E-state index in [1.165, 1.54) is 13.0 Å². The zero-order valence-corrected chi connectivity index (χ0v) is 11.3. The van der Waals surface area contributed by atoms with E-state index < -0.39 is 16.7 Å². The Morgan fingerprint density at radius 1 is 1.52 bits per heavy atom. The van der Waals surface area contributed by atoms with Crippen LogP contribution in [0, 0.1) is 22.9 Å². The highest BCUT2D eigenvalue weighted by molar-refractivity contribution is 5.87. The first-order chi connectivity index (χ1) is 9.93. The molecule has 0 saturated carbocycles. The minimum atomic E-state index is -0.860. The van der Waals surface area contributed by atoms with Crippen LogP contribution in [0.25, 0.3) is 11.5 Å². The molecule has 21 heavy (non-hydrogen) atoms. The molecular weight excluding hydrogens is 283 g/mol. The van der Waals surface area contributed by atoms with Crippen molar-refractivity contribution in [3.63, 3.8) is 0 Å². The Morgan fingerprint density at radius 2 is 2.24 bits per heavy atom. The molecule has 0 spiro atoms. The summed E-state index contributed by atoms with van der Waals surface area (Å²) in [6.45, 7) is 3.32. The quantitative estimate of drug-likeness (QED) is 0.488. The van der Waals surface area contributed by atoms with Gasteiger partial charge in [0.25, 0.3) is 5.69 Å². The number of nitro benzene ring substituents is 1. The van der Waals surface area contributed by atoms with Gasteiger partial charge in [-0.05, 0) is 19.9 Å². The smallest absolute Gasteiger partial charge is 0.376 e. The van der Waals surface area contributed by atoms with Crippen LogP contribution in [0.5, 0.6) is 0 Å². The van der Waals surface area contributed by atoms with Crippen molar-refractivity contribution in [3.05, 3.63) is 45.6 Å². The Balaban J connectivity index is 2.41. The van der Waals surface area contributed by atoms with E-state index in [1.54, 1.807) is 6.92 Å². The summed E-state index contributed by atoms with van der Waals surface area (Å²) in [6.07, 6.45) is 0. The average Bonchev–Trinajstić information content (AvgIpc) is 2.80. The van der Waals surface area contributed by atoms with Crippen LogP contribution < -0.4 is 0 Å². The van der Waals surface area contributed by atoms with E-state index in [1.807, 2.05) is 0 Å². The lowest BCUT2D eigenvalue weighted by Crippen LogP contribution is -2.04. The molecule has 0 aliphatic carbocycles. The average molecular weight is 294 g/mol. The summed E-state index contributed by atoms with van der Waals surface area (Å²) in [5.74, 6) is -1.82. The summed E-state index contributed by atoms with van der Waals surface area (Å²) < 4.78 is 23.8. The van der Waals surface area contributed by atoms with Gasteiger partial charge in [0.1, 0.15) is 5.82 Å². The highest BCUT2D eigenvalue weighted by Crippen LogP contribution is 2.27. The van der Waals surface area contributed by atoms with Gasteiger partial charge in [0.2, 0.25) is 11.7 Å². The second kappa shape index (κ2) is 5.70. The summed E-state index contributed by atoms with van der Waals surface area (Å²) in [6, 6.07) is 3.06. The van der Waals surface area contributed by atoms with Crippen molar-refractivity contribution in [3.8, 4) is 11.5 Å². The molecule has 7 nitrogen and oxygen atoms in total. The molecule has 1 heterocycles. The molecule has 0 atom stereocenters. The molecule has 0 fully saturated rings. The van der Waals surface area contributed by atoms with Crippen LogP contribution in [0.3, 0.4) is 0 Å². The number of carbonyl (C=O) groups excluding carboxylic acids is 1. The van der Waals surface area contributed by atoms with Gasteiger partial charge in [0, 0.05) is 6.07 Å². The van der Waals surface area contributed by atoms with Crippen LogP contribution in [0.1, 0.15) is 23.2 Å². The molecule has 2 aromatic rings. The molecule has 0 saturated heterocycles. The van der Waals surface area contributed by atoms with Gasteiger partial charge >= 0.3 is 5.97 Å². The topological polar surface area (TPSA) is 95.5 Å². The number of hydrogen-bond acceptors (Lipinski definition) is 6. The van der Waals surface area contributed by atoms with E-state index in [2.05, 4.69) is 4.98 Å². The first-order valence-corrected chi connectivity index (χ1v) is 6.03. The van der Waals surface area contributed by atoms with Crippen molar-refractivity contribution in [2.45, 2.75) is 13.8 Å². The normalized spacial score (nSPS) is 10.4. The number of carbonyl (C=O) groups is 1. The summed E-state index contributed by atoms with van der Waals surface area (Å²) in [4.78, 5) is 25.4. The van der Waals surface area contributed by atoms with Crippen LogP contribution >= 0.6 is 0 Å². The lowest BCUT2D eigenvalue weighted by molar-refractivity contribution is -0.385. The molecule has 0 aliphatic rings. The lowest BCUT2D eigenvalue weighted by atomic mass is 10.2. The number of benzene rings is 1. The van der Waals surface area contributed by atoms with Crippen molar-refractivity contribution in [2.75, 3.05) is 6.61 Å². The Morgan fingerprint density at radius 3 is 2.81 bits per heavy atom. The summed E-state index contributed by atoms with van der Waals surface area (Å²) >= 11 is 0. The van der Waals surface area contributed by atoms with Gasteiger partial charge in [-0.25, -0.2) is 14.2 Å². The van der Waals surface area contributed by atoms with Crippen LogP contribution in [0.2, 0.25) is 0 Å². The van der Waals surface area contributed by atoms with Crippen molar-refractivity contribution in [2.24, 2.45) is 0 Å². The first kappa shape index (κ1) is 14.6. The molecule has 0 unspecified atom stereocenters. The number of non-ortho nitro benzene ring substituents is 1. The molecule has 0 N–H and O–H groups in total. The molecule has 2 rings (SSSR count). The predicted molar refractivity (Wildman–Crippen MR) is 69.2 cm³/mol. The monoisotopic (exact) mass is 294 g/mol. The van der Waals surface area contributed by atoms with Gasteiger partial charge in [0.15, 0.2) is 0 Å². The lowest BCUT2D eigenvalue weighted by Gasteiger charge is -1.99. The number of nitrogens with zero attached hydrogens (tertiary/aromatic N) is 2. The summed E-state index contributed by atoms with van der Waals surface area (Å²) in [5.41, 5.74) is -0.203. The van der Waals surface area contributed by atoms with E-state index in [0.717, 1.165) is 12.1 Å². The second-order valence-corrected chi connectivity index (χ2v) is 4.08. The number of esters is 1. The maximum atomic E-state index is 13.9. The molecule has 0 radical (unpaired) electrons. The standard InChI is InChI=1S/C13H11FN2O5/c1-3-20-13(17)11-7(2)15-12(21-11)9-5-4-8(16(18)19)6-10(9)14/h4-6H,3H2,1-2H3. The third kappa shape index (κ3) is 2.88. The van der Waals surface area contributed by atoms with Crippen molar-refractivity contribution in [1.29, 1.82) is 0 Å². The highest BCUT2D eigenvalue weighted by Gasteiger charge is 2.22. The molecular formula is C13H11FN2O5. The predicted octanol–water partition coefficient (Wildman–Crippen LogP) is 2.87. The van der Waals surface area contributed by atoms with E-state index in [-0.39, 0.29) is 35.2 Å². The zero-order valence-electron chi connectivity index (χ0n) is 11.3. The molecule has 110 valence electrons. The second-order valence-electron chi connectivity index (χ2n) is 4.08. The van der Waals surface area contributed by atoms with Crippen LogP contribution in [0.15, 0.2) is 22.6 Å². The van der Waals surface area contributed by atoms with Gasteiger partial charge in [-0.2, -0.15) is 0 Å². The molecule has 0 amide bonds. The van der Waals surface area contributed by atoms with Gasteiger partial charge < -0.3 is 9.15 Å². The fraction of sp³-hybridized carbons (Fsp3) is 0.231. The van der Waals surface area contributed by atoms with Crippen LogP contribution in [0.4, 0.5) is 10.1 Å². The van der Waals surface area contributed by atoms with Crippen molar-refractivity contribution >= 4 is 11.7 Å². The number of hydrogen-bond donors (Lipinski definition) is 0. The molecule has 0 bridgehead atoms. The number of oxazole rings is 1. The first-order valence-electron chi connectivity index (χ1n) is 6.03. The third-order valence-corrected chi connectivity index (χ3v) is 2.65. The van der Waals surface area contributed by atoms with Gasteiger partial charge in [-0.1, -0.05) is 0 Å². The number of rotatable bonds is 4. The van der Waals surface area contributed by atoms with Crippen LogP contribution in [-0.4, -0.2) is 22.5 Å². The van der Waals surface area contributed by atoms with Crippen LogP contribution in [-0.2, 0) is 4.74 Å². The van der Waals surface area contributed by atoms with Gasteiger partial charge in [-0.3, -0.25) is 10.1 Å². The molecule has 8 heteroatoms. The fourth-order valence-electron chi connectivity index (χ4n) is 1.69. The SMILES string of the molecule is CCOC(=O)c1oc(-c2ccc([N+](=O)[O-])cc2F)nc1C. The number of nitro groups is 1. The third-order valence-electron chi connectivity index (χ3n) is 2.65. The zero-order chi connectivity index (χ0) is 15.6. The summed E-state index contributed by atoms with van der Waals surface area (Å²) in [7, 11) is 0. The maximum absolute atomic E-state index is 13.9. The molecule has 1 aromatic carbocycles. The number of aryl methyl sites for hydroxylation is 1. The molecule has 1 aromatic heterocycles. The maximum Gasteiger partial charge on any atom is 0.376 e. The highest BCUT2D eigenvalue weighted by atomic mass is 19.1.